The van der Waals surface area contributed by atoms with Gasteiger partial charge in [-0.15, -0.1) is 0 Å². The zero-order chi connectivity index (χ0) is 13.9. The molecule has 0 N–H and O–H groups in total. The number of carbonyl (C=O) groups excluding carboxylic acids is 2. The lowest BCUT2D eigenvalue weighted by Gasteiger charge is -2.27. The van der Waals surface area contributed by atoms with E-state index in [-0.39, 0.29) is 18.0 Å². The first kappa shape index (κ1) is 13.8. The van der Waals surface area contributed by atoms with E-state index in [2.05, 4.69) is 4.90 Å². The standard InChI is InChI=1S/C14H23N3O3/c18-13-12-4-1-2-6-16(12)14(19)17(13)7-3-5-15-8-10-20-11-9-15/h12H,1-11H2. The summed E-state index contributed by atoms with van der Waals surface area (Å²) in [6.45, 7) is 5.73. The maximum absolute atomic E-state index is 12.3. The molecular formula is C14H23N3O3. The van der Waals surface area contributed by atoms with Crippen molar-refractivity contribution in [2.75, 3.05) is 45.9 Å². The highest BCUT2D eigenvalue weighted by molar-refractivity contribution is 6.04. The lowest BCUT2D eigenvalue weighted by Crippen LogP contribution is -2.39. The fourth-order valence-corrected chi connectivity index (χ4v) is 3.33. The fraction of sp³-hybridized carbons (Fsp3) is 0.857. The topological polar surface area (TPSA) is 53.1 Å². The number of hydrogen-bond donors (Lipinski definition) is 0. The van der Waals surface area contributed by atoms with Crippen molar-refractivity contribution in [2.24, 2.45) is 0 Å². The van der Waals surface area contributed by atoms with Crippen LogP contribution < -0.4 is 0 Å². The second-order valence-corrected chi connectivity index (χ2v) is 5.78. The minimum Gasteiger partial charge on any atom is -0.379 e. The quantitative estimate of drug-likeness (QED) is 0.705. The van der Waals surface area contributed by atoms with E-state index in [0.29, 0.717) is 6.54 Å². The maximum Gasteiger partial charge on any atom is 0.327 e. The first-order valence-corrected chi connectivity index (χ1v) is 7.69. The van der Waals surface area contributed by atoms with Crippen LogP contribution >= 0.6 is 0 Å². The molecule has 3 fully saturated rings. The summed E-state index contributed by atoms with van der Waals surface area (Å²) in [6, 6.07) is -0.235. The van der Waals surface area contributed by atoms with Crippen LogP contribution in [0.5, 0.6) is 0 Å². The van der Waals surface area contributed by atoms with Gasteiger partial charge in [0.2, 0.25) is 0 Å². The Hall–Kier alpha value is -1.14. The summed E-state index contributed by atoms with van der Waals surface area (Å²) in [7, 11) is 0. The molecular weight excluding hydrogens is 258 g/mol. The highest BCUT2D eigenvalue weighted by Crippen LogP contribution is 2.26. The summed E-state index contributed by atoms with van der Waals surface area (Å²) in [6.07, 6.45) is 3.78. The van der Waals surface area contributed by atoms with E-state index >= 15 is 0 Å². The zero-order valence-electron chi connectivity index (χ0n) is 11.9. The predicted octanol–water partition coefficient (Wildman–Crippen LogP) is 0.525. The Bertz CT molecular complexity index is 358. The molecule has 3 rings (SSSR count). The van der Waals surface area contributed by atoms with Gasteiger partial charge < -0.3 is 9.64 Å². The van der Waals surface area contributed by atoms with Crippen LogP contribution in [0.25, 0.3) is 0 Å². The molecule has 0 aliphatic carbocycles. The number of rotatable bonds is 4. The van der Waals surface area contributed by atoms with Gasteiger partial charge in [0.1, 0.15) is 6.04 Å². The summed E-state index contributed by atoms with van der Waals surface area (Å²) in [5.74, 6) is 0.0247. The van der Waals surface area contributed by atoms with E-state index in [1.165, 1.54) is 4.90 Å². The number of piperidine rings is 1. The van der Waals surface area contributed by atoms with Crippen LogP contribution in [0.1, 0.15) is 25.7 Å². The van der Waals surface area contributed by atoms with Crippen LogP contribution in [0.2, 0.25) is 0 Å². The van der Waals surface area contributed by atoms with Crippen molar-refractivity contribution in [2.45, 2.75) is 31.7 Å². The Labute approximate surface area is 119 Å². The van der Waals surface area contributed by atoms with E-state index in [0.717, 1.165) is 65.1 Å². The van der Waals surface area contributed by atoms with Crippen LogP contribution in [-0.4, -0.2) is 78.6 Å². The molecule has 6 nitrogen and oxygen atoms in total. The van der Waals surface area contributed by atoms with Crippen LogP contribution in [0, 0.1) is 0 Å². The average molecular weight is 281 g/mol. The third-order valence-electron chi connectivity index (χ3n) is 4.49. The van der Waals surface area contributed by atoms with Crippen molar-refractivity contribution < 1.29 is 14.3 Å². The van der Waals surface area contributed by atoms with Gasteiger partial charge in [0.15, 0.2) is 0 Å². The van der Waals surface area contributed by atoms with Crippen molar-refractivity contribution in [3.8, 4) is 0 Å². The van der Waals surface area contributed by atoms with Crippen molar-refractivity contribution in [1.29, 1.82) is 0 Å². The van der Waals surface area contributed by atoms with Crippen LogP contribution in [-0.2, 0) is 9.53 Å². The smallest absolute Gasteiger partial charge is 0.327 e. The van der Waals surface area contributed by atoms with E-state index < -0.39 is 0 Å². The largest absolute Gasteiger partial charge is 0.379 e. The molecule has 1 atom stereocenters. The third-order valence-corrected chi connectivity index (χ3v) is 4.49. The first-order valence-electron chi connectivity index (χ1n) is 7.69. The van der Waals surface area contributed by atoms with Gasteiger partial charge >= 0.3 is 6.03 Å². The van der Waals surface area contributed by atoms with Crippen molar-refractivity contribution in [3.05, 3.63) is 0 Å². The van der Waals surface area contributed by atoms with Crippen molar-refractivity contribution in [1.82, 2.24) is 14.7 Å². The van der Waals surface area contributed by atoms with Gasteiger partial charge in [0, 0.05) is 32.7 Å². The van der Waals surface area contributed by atoms with Gasteiger partial charge in [-0.05, 0) is 25.7 Å². The summed E-state index contributed by atoms with van der Waals surface area (Å²) in [5.41, 5.74) is 0. The number of imide groups is 1. The Morgan fingerprint density at radius 1 is 1.05 bits per heavy atom. The predicted molar refractivity (Wildman–Crippen MR) is 73.3 cm³/mol. The number of carbonyl (C=O) groups is 2. The lowest BCUT2D eigenvalue weighted by molar-refractivity contribution is -0.128. The van der Waals surface area contributed by atoms with E-state index in [9.17, 15) is 9.59 Å². The van der Waals surface area contributed by atoms with Gasteiger partial charge in [-0.1, -0.05) is 0 Å². The number of fused-ring (bicyclic) bond motifs is 1. The molecule has 0 saturated carbocycles. The first-order chi connectivity index (χ1) is 9.77. The minimum absolute atomic E-state index is 0.0247. The summed E-state index contributed by atoms with van der Waals surface area (Å²) < 4.78 is 5.31. The number of nitrogens with zero attached hydrogens (tertiary/aromatic N) is 3. The Morgan fingerprint density at radius 3 is 2.60 bits per heavy atom. The molecule has 112 valence electrons. The van der Waals surface area contributed by atoms with E-state index in [4.69, 9.17) is 4.74 Å². The van der Waals surface area contributed by atoms with Gasteiger partial charge in [-0.3, -0.25) is 14.6 Å². The second kappa shape index (κ2) is 6.10. The molecule has 3 aliphatic rings. The SMILES string of the molecule is O=C1C2CCCCN2C(=O)N1CCCN1CCOCC1. The van der Waals surface area contributed by atoms with Crippen LogP contribution in [0.15, 0.2) is 0 Å². The molecule has 0 aromatic carbocycles. The highest BCUT2D eigenvalue weighted by atomic mass is 16.5. The fourth-order valence-electron chi connectivity index (χ4n) is 3.33. The lowest BCUT2D eigenvalue weighted by atomic mass is 10.0. The zero-order valence-corrected chi connectivity index (χ0v) is 11.9. The van der Waals surface area contributed by atoms with E-state index in [1.54, 1.807) is 4.90 Å². The molecule has 0 aromatic rings. The third kappa shape index (κ3) is 2.67. The number of morpholine rings is 1. The molecule has 3 heterocycles. The van der Waals surface area contributed by atoms with Gasteiger partial charge in [0.05, 0.1) is 13.2 Å². The second-order valence-electron chi connectivity index (χ2n) is 5.78. The summed E-state index contributed by atoms with van der Waals surface area (Å²) in [5, 5.41) is 0. The van der Waals surface area contributed by atoms with Gasteiger partial charge in [0.25, 0.3) is 5.91 Å². The average Bonchev–Trinajstić information content (AvgIpc) is 2.74. The van der Waals surface area contributed by atoms with Crippen LogP contribution in [0.3, 0.4) is 0 Å². The number of ether oxygens (including phenoxy) is 1. The maximum atomic E-state index is 12.3. The summed E-state index contributed by atoms with van der Waals surface area (Å²) >= 11 is 0. The molecule has 3 amide bonds. The molecule has 3 aliphatic heterocycles. The molecule has 0 radical (unpaired) electrons. The summed E-state index contributed by atoms with van der Waals surface area (Å²) in [4.78, 5) is 30.1. The number of amides is 3. The normalized spacial score (nSPS) is 28.1. The molecule has 1 unspecified atom stereocenters. The Kier molecular flexibility index (Phi) is 4.21. The molecule has 3 saturated heterocycles. The van der Waals surface area contributed by atoms with E-state index in [1.807, 2.05) is 0 Å². The number of hydrogen-bond acceptors (Lipinski definition) is 4. The minimum atomic E-state index is -0.167. The monoisotopic (exact) mass is 281 g/mol. The highest BCUT2D eigenvalue weighted by Gasteiger charge is 2.45. The molecule has 0 spiro atoms. The molecule has 0 aromatic heterocycles. The van der Waals surface area contributed by atoms with Crippen molar-refractivity contribution in [3.63, 3.8) is 0 Å². The van der Waals surface area contributed by atoms with Crippen molar-refractivity contribution >= 4 is 11.9 Å². The molecule has 20 heavy (non-hydrogen) atoms. The van der Waals surface area contributed by atoms with Gasteiger partial charge in [-0.25, -0.2) is 4.79 Å². The van der Waals surface area contributed by atoms with Crippen LogP contribution in [0.4, 0.5) is 4.79 Å². The number of urea groups is 1. The molecule has 6 heteroatoms. The Balaban J connectivity index is 1.49. The van der Waals surface area contributed by atoms with Gasteiger partial charge in [-0.2, -0.15) is 0 Å². The molecule has 0 bridgehead atoms. The Morgan fingerprint density at radius 2 is 1.85 bits per heavy atom.